The first-order valence-electron chi connectivity index (χ1n) is 11.5. The molecular weight excluding hydrogens is 442 g/mol. The second-order valence-corrected chi connectivity index (χ2v) is 8.90. The number of fused-ring (bicyclic) bond motifs is 4. The van der Waals surface area contributed by atoms with Crippen LogP contribution in [0.25, 0.3) is 10.9 Å². The number of H-pyrrole nitrogens is 1. The van der Waals surface area contributed by atoms with Crippen molar-refractivity contribution in [1.82, 2.24) is 14.8 Å². The smallest absolute Gasteiger partial charge is 0.337 e. The summed E-state index contributed by atoms with van der Waals surface area (Å²) in [5, 5.41) is 1.06. The third-order valence-electron chi connectivity index (χ3n) is 6.97. The Hall–Kier alpha value is -4.39. The van der Waals surface area contributed by atoms with Gasteiger partial charge in [-0.1, -0.05) is 60.7 Å². The minimum Gasteiger partial charge on any atom is -0.465 e. The van der Waals surface area contributed by atoms with Gasteiger partial charge in [-0.25, -0.2) is 9.59 Å². The highest BCUT2D eigenvalue weighted by molar-refractivity contribution is 6.05. The van der Waals surface area contributed by atoms with Crippen LogP contribution < -0.4 is 0 Å². The summed E-state index contributed by atoms with van der Waals surface area (Å²) >= 11 is 0. The Balaban J connectivity index is 1.46. The number of benzene rings is 3. The fourth-order valence-corrected chi connectivity index (χ4v) is 5.31. The summed E-state index contributed by atoms with van der Waals surface area (Å²) in [6.07, 6.45) is 0.450. The van der Waals surface area contributed by atoms with Gasteiger partial charge in [0, 0.05) is 23.0 Å². The molecule has 0 unspecified atom stereocenters. The summed E-state index contributed by atoms with van der Waals surface area (Å²) in [5.74, 6) is -0.614. The van der Waals surface area contributed by atoms with Crippen molar-refractivity contribution in [3.8, 4) is 0 Å². The van der Waals surface area contributed by atoms with Crippen molar-refractivity contribution >= 4 is 28.8 Å². The molecule has 174 valence electrons. The van der Waals surface area contributed by atoms with Crippen LogP contribution in [0.3, 0.4) is 0 Å². The average Bonchev–Trinajstić information content (AvgIpc) is 3.38. The highest BCUT2D eigenvalue weighted by Gasteiger charge is 2.52. The van der Waals surface area contributed by atoms with Crippen molar-refractivity contribution in [2.75, 3.05) is 7.11 Å². The van der Waals surface area contributed by atoms with E-state index < -0.39 is 18.1 Å². The Morgan fingerprint density at radius 1 is 0.971 bits per heavy atom. The van der Waals surface area contributed by atoms with E-state index in [1.54, 1.807) is 17.0 Å². The summed E-state index contributed by atoms with van der Waals surface area (Å²) in [6.45, 7) is 0.230. The molecule has 3 aromatic carbocycles. The van der Waals surface area contributed by atoms with Gasteiger partial charge in [-0.15, -0.1) is 0 Å². The summed E-state index contributed by atoms with van der Waals surface area (Å²) in [4.78, 5) is 45.8. The van der Waals surface area contributed by atoms with Crippen LogP contribution in [0.4, 0.5) is 4.79 Å². The number of hydrogen-bond donors (Lipinski definition) is 1. The largest absolute Gasteiger partial charge is 0.465 e. The van der Waals surface area contributed by atoms with E-state index in [2.05, 4.69) is 4.98 Å². The quantitative estimate of drug-likeness (QED) is 0.357. The van der Waals surface area contributed by atoms with Gasteiger partial charge in [-0.2, -0.15) is 0 Å². The molecule has 0 saturated carbocycles. The van der Waals surface area contributed by atoms with Crippen LogP contribution in [0.2, 0.25) is 0 Å². The first-order chi connectivity index (χ1) is 17.1. The van der Waals surface area contributed by atoms with E-state index in [0.29, 0.717) is 12.0 Å². The fraction of sp³-hybridized carbons (Fsp3) is 0.179. The lowest BCUT2D eigenvalue weighted by Gasteiger charge is -2.36. The van der Waals surface area contributed by atoms with Gasteiger partial charge in [0.25, 0.3) is 5.91 Å². The van der Waals surface area contributed by atoms with Gasteiger partial charge < -0.3 is 9.72 Å². The van der Waals surface area contributed by atoms with Crippen molar-refractivity contribution in [3.05, 3.63) is 107 Å². The van der Waals surface area contributed by atoms with Crippen LogP contribution in [-0.2, 0) is 22.5 Å². The standard InChI is InChI=1S/C28H23N3O4/c1-35-27(33)19-13-11-18(12-14-19)25-24-21(20-9-5-6-10-22(20)29-24)15-23-26(32)30(28(34)31(23)25)16-17-7-3-2-4-8-17/h2-14,23,25,29H,15-16H2,1H3/t23-,25-/m0/s1. The number of amides is 3. The van der Waals surface area contributed by atoms with Crippen LogP contribution in [0.5, 0.6) is 0 Å². The number of hydrogen-bond acceptors (Lipinski definition) is 4. The van der Waals surface area contributed by atoms with Crippen molar-refractivity contribution in [1.29, 1.82) is 0 Å². The second kappa shape index (κ2) is 8.13. The Morgan fingerprint density at radius 3 is 2.43 bits per heavy atom. The van der Waals surface area contributed by atoms with Crippen molar-refractivity contribution in [3.63, 3.8) is 0 Å². The zero-order valence-corrected chi connectivity index (χ0v) is 19.1. The summed E-state index contributed by atoms with van der Waals surface area (Å²) in [6, 6.07) is 23.2. The Kier molecular flexibility index (Phi) is 4.91. The number of imide groups is 1. The molecule has 3 amide bonds. The van der Waals surface area contributed by atoms with E-state index in [4.69, 9.17) is 4.74 Å². The normalized spacial score (nSPS) is 19.1. The number of aromatic amines is 1. The summed E-state index contributed by atoms with van der Waals surface area (Å²) in [5.41, 5.74) is 5.06. The summed E-state index contributed by atoms with van der Waals surface area (Å²) in [7, 11) is 1.34. The molecular formula is C28H23N3O4. The molecule has 1 saturated heterocycles. The molecule has 1 N–H and O–H groups in total. The van der Waals surface area contributed by atoms with Crippen molar-refractivity contribution < 1.29 is 19.1 Å². The predicted molar refractivity (Wildman–Crippen MR) is 130 cm³/mol. The zero-order chi connectivity index (χ0) is 24.1. The maximum atomic E-state index is 13.7. The molecule has 7 nitrogen and oxygen atoms in total. The lowest BCUT2D eigenvalue weighted by molar-refractivity contribution is -0.129. The third kappa shape index (κ3) is 3.31. The molecule has 2 atom stereocenters. The average molecular weight is 466 g/mol. The molecule has 6 rings (SSSR count). The molecule has 1 fully saturated rings. The molecule has 0 spiro atoms. The minimum absolute atomic E-state index is 0.189. The van der Waals surface area contributed by atoms with E-state index in [-0.39, 0.29) is 18.5 Å². The molecule has 35 heavy (non-hydrogen) atoms. The number of urea groups is 1. The molecule has 2 aliphatic rings. The maximum absolute atomic E-state index is 13.7. The summed E-state index contributed by atoms with van der Waals surface area (Å²) < 4.78 is 4.83. The molecule has 7 heteroatoms. The third-order valence-corrected chi connectivity index (χ3v) is 6.97. The Bertz CT molecular complexity index is 1460. The first kappa shape index (κ1) is 21.2. The first-order valence-corrected chi connectivity index (χ1v) is 11.5. The molecule has 0 bridgehead atoms. The maximum Gasteiger partial charge on any atom is 0.337 e. The molecule has 1 aromatic heterocycles. The minimum atomic E-state index is -0.594. The van der Waals surface area contributed by atoms with Gasteiger partial charge in [-0.05, 0) is 34.9 Å². The monoisotopic (exact) mass is 465 g/mol. The van der Waals surface area contributed by atoms with Gasteiger partial charge in [-0.3, -0.25) is 14.6 Å². The van der Waals surface area contributed by atoms with E-state index >= 15 is 0 Å². The highest BCUT2D eigenvalue weighted by Crippen LogP contribution is 2.44. The number of para-hydroxylation sites is 1. The Morgan fingerprint density at radius 2 is 1.69 bits per heavy atom. The lowest BCUT2D eigenvalue weighted by Crippen LogP contribution is -2.44. The molecule has 3 heterocycles. The zero-order valence-electron chi connectivity index (χ0n) is 19.1. The molecule has 4 aromatic rings. The van der Waals surface area contributed by atoms with Gasteiger partial charge in [0.2, 0.25) is 0 Å². The molecule has 0 radical (unpaired) electrons. The second-order valence-electron chi connectivity index (χ2n) is 8.90. The van der Waals surface area contributed by atoms with Crippen LogP contribution in [0.15, 0.2) is 78.9 Å². The van der Waals surface area contributed by atoms with Crippen LogP contribution >= 0.6 is 0 Å². The van der Waals surface area contributed by atoms with E-state index in [0.717, 1.165) is 33.3 Å². The lowest BCUT2D eigenvalue weighted by atomic mass is 9.88. The fourth-order valence-electron chi connectivity index (χ4n) is 5.31. The number of nitrogens with one attached hydrogen (secondary N) is 1. The number of nitrogens with zero attached hydrogens (tertiary/aromatic N) is 2. The van der Waals surface area contributed by atoms with Gasteiger partial charge in [0.05, 0.1) is 19.2 Å². The molecule has 0 aliphatic carbocycles. The molecule has 2 aliphatic heterocycles. The number of aromatic nitrogens is 1. The number of ether oxygens (including phenoxy) is 1. The number of carbonyl (C=O) groups excluding carboxylic acids is 3. The number of carbonyl (C=O) groups is 3. The number of rotatable bonds is 4. The van der Waals surface area contributed by atoms with Crippen molar-refractivity contribution in [2.24, 2.45) is 0 Å². The van der Waals surface area contributed by atoms with Gasteiger partial charge in [0.1, 0.15) is 12.1 Å². The number of esters is 1. The van der Waals surface area contributed by atoms with Gasteiger partial charge in [0.15, 0.2) is 0 Å². The topological polar surface area (TPSA) is 82.7 Å². The van der Waals surface area contributed by atoms with Gasteiger partial charge >= 0.3 is 12.0 Å². The van der Waals surface area contributed by atoms with E-state index in [9.17, 15) is 14.4 Å². The highest BCUT2D eigenvalue weighted by atomic mass is 16.5. The number of methoxy groups -OCH3 is 1. The predicted octanol–water partition coefficient (Wildman–Crippen LogP) is 4.43. The van der Waals surface area contributed by atoms with E-state index in [1.807, 2.05) is 66.7 Å². The van der Waals surface area contributed by atoms with Crippen LogP contribution in [0, 0.1) is 0 Å². The van der Waals surface area contributed by atoms with Crippen LogP contribution in [-0.4, -0.2) is 45.8 Å². The van der Waals surface area contributed by atoms with E-state index in [1.165, 1.54) is 12.0 Å². The Labute approximate surface area is 201 Å². The van der Waals surface area contributed by atoms with Crippen molar-refractivity contribution in [2.45, 2.75) is 25.0 Å². The SMILES string of the molecule is COC(=O)c1ccc([C@H]2c3[nH]c4ccccc4c3C[C@H]3C(=O)N(Cc4ccccc4)C(=O)N23)cc1. The van der Waals surface area contributed by atoms with Crippen LogP contribution in [0.1, 0.15) is 38.8 Å².